The van der Waals surface area contributed by atoms with Crippen molar-refractivity contribution in [2.24, 2.45) is 5.92 Å². The van der Waals surface area contributed by atoms with Crippen molar-refractivity contribution in [2.75, 3.05) is 29.9 Å². The van der Waals surface area contributed by atoms with E-state index >= 15 is 0 Å². The van der Waals surface area contributed by atoms with Gasteiger partial charge in [-0.1, -0.05) is 13.3 Å². The van der Waals surface area contributed by atoms with E-state index in [1.165, 1.54) is 12.8 Å². The highest BCUT2D eigenvalue weighted by atomic mass is 15.4. The molecule has 1 atom stereocenters. The molecule has 0 radical (unpaired) electrons. The lowest BCUT2D eigenvalue weighted by molar-refractivity contribution is 0.568. The molecule has 0 saturated carbocycles. The molecule has 1 fully saturated rings. The summed E-state index contributed by atoms with van der Waals surface area (Å²) in [6, 6.07) is 1.86. The van der Waals surface area contributed by atoms with Gasteiger partial charge in [-0.25, -0.2) is 4.68 Å². The van der Waals surface area contributed by atoms with Crippen LogP contribution in [0.2, 0.25) is 0 Å². The van der Waals surface area contributed by atoms with Crippen molar-refractivity contribution in [3.63, 3.8) is 0 Å². The molecule has 0 amide bonds. The molecule has 0 aromatic carbocycles. The number of hydrogen-bond acceptors (Lipinski definition) is 6. The van der Waals surface area contributed by atoms with Crippen molar-refractivity contribution in [1.29, 1.82) is 0 Å². The van der Waals surface area contributed by atoms with Gasteiger partial charge in [-0.05, 0) is 25.3 Å². The predicted octanol–water partition coefficient (Wildman–Crippen LogP) is 1.73. The highest BCUT2D eigenvalue weighted by molar-refractivity contribution is 5.40. The van der Waals surface area contributed by atoms with Crippen LogP contribution in [0.4, 0.5) is 11.9 Å². The van der Waals surface area contributed by atoms with Gasteiger partial charge < -0.3 is 10.2 Å². The summed E-state index contributed by atoms with van der Waals surface area (Å²) < 4.78 is 1.67. The summed E-state index contributed by atoms with van der Waals surface area (Å²) in [6.07, 6.45) is 5.97. The molecule has 7 heteroatoms. The summed E-state index contributed by atoms with van der Waals surface area (Å²) in [5.41, 5.74) is 0. The molecule has 3 heterocycles. The van der Waals surface area contributed by atoms with Crippen LogP contribution < -0.4 is 10.2 Å². The first-order valence-electron chi connectivity index (χ1n) is 7.55. The lowest BCUT2D eigenvalue weighted by atomic mass is 10.1. The molecule has 3 rings (SSSR count). The Kier molecular flexibility index (Phi) is 3.98. The van der Waals surface area contributed by atoms with Crippen LogP contribution in [0.3, 0.4) is 0 Å². The first-order chi connectivity index (χ1) is 10.3. The Labute approximate surface area is 124 Å². The van der Waals surface area contributed by atoms with Crippen molar-refractivity contribution < 1.29 is 0 Å². The molecule has 7 nitrogen and oxygen atoms in total. The average molecular weight is 287 g/mol. The molecular formula is C14H21N7. The summed E-state index contributed by atoms with van der Waals surface area (Å²) >= 11 is 0. The van der Waals surface area contributed by atoms with Crippen molar-refractivity contribution in [1.82, 2.24) is 24.7 Å². The minimum Gasteiger partial charge on any atom is -0.354 e. The summed E-state index contributed by atoms with van der Waals surface area (Å²) in [7, 11) is 0. The van der Waals surface area contributed by atoms with Crippen LogP contribution in [0.15, 0.2) is 18.5 Å². The largest absolute Gasteiger partial charge is 0.354 e. The molecule has 1 unspecified atom stereocenters. The summed E-state index contributed by atoms with van der Waals surface area (Å²) in [4.78, 5) is 15.8. The third kappa shape index (κ3) is 2.96. The molecular weight excluding hydrogens is 266 g/mol. The van der Waals surface area contributed by atoms with Gasteiger partial charge in [-0.3, -0.25) is 0 Å². The lowest BCUT2D eigenvalue weighted by Crippen LogP contribution is -2.24. The van der Waals surface area contributed by atoms with E-state index in [9.17, 15) is 0 Å². The first-order valence-corrected chi connectivity index (χ1v) is 7.55. The minimum absolute atomic E-state index is 0.556. The van der Waals surface area contributed by atoms with E-state index in [0.29, 0.717) is 11.9 Å². The number of aromatic nitrogens is 5. The van der Waals surface area contributed by atoms with Crippen molar-refractivity contribution in [2.45, 2.75) is 26.7 Å². The van der Waals surface area contributed by atoms with Gasteiger partial charge in [-0.2, -0.15) is 20.1 Å². The van der Waals surface area contributed by atoms with Crippen LogP contribution in [0, 0.1) is 5.92 Å². The standard InChI is InChI=1S/C14H21N7/c1-3-11-6-9-20(10-11)13-17-12(15-4-2)18-14(19-13)21-8-5-7-16-21/h5,7-8,11H,3-4,6,9-10H2,1-2H3,(H,15,17,18,19). The normalized spacial score (nSPS) is 18.2. The number of anilines is 2. The fourth-order valence-corrected chi connectivity index (χ4v) is 2.57. The molecule has 1 aliphatic heterocycles. The van der Waals surface area contributed by atoms with E-state index < -0.39 is 0 Å². The molecule has 1 aliphatic rings. The van der Waals surface area contributed by atoms with Crippen LogP contribution in [0.25, 0.3) is 5.95 Å². The van der Waals surface area contributed by atoms with Crippen molar-refractivity contribution in [3.05, 3.63) is 18.5 Å². The van der Waals surface area contributed by atoms with Gasteiger partial charge >= 0.3 is 0 Å². The Morgan fingerprint density at radius 1 is 1.24 bits per heavy atom. The van der Waals surface area contributed by atoms with Crippen LogP contribution in [0.5, 0.6) is 0 Å². The second kappa shape index (κ2) is 6.07. The Balaban J connectivity index is 1.92. The SMILES string of the molecule is CCNc1nc(N2CCC(CC)C2)nc(-n2cccn2)n1. The molecule has 112 valence electrons. The Morgan fingerprint density at radius 3 is 2.76 bits per heavy atom. The van der Waals surface area contributed by atoms with Crippen molar-refractivity contribution in [3.8, 4) is 5.95 Å². The quantitative estimate of drug-likeness (QED) is 0.903. The summed E-state index contributed by atoms with van der Waals surface area (Å²) in [5.74, 6) is 2.63. The van der Waals surface area contributed by atoms with Gasteiger partial charge in [0.15, 0.2) is 0 Å². The molecule has 2 aromatic heterocycles. The molecule has 0 bridgehead atoms. The van der Waals surface area contributed by atoms with Gasteiger partial charge in [0.05, 0.1) is 0 Å². The van der Waals surface area contributed by atoms with Gasteiger partial charge in [0.25, 0.3) is 5.95 Å². The molecule has 0 aliphatic carbocycles. The van der Waals surface area contributed by atoms with Crippen LogP contribution in [-0.2, 0) is 0 Å². The van der Waals surface area contributed by atoms with E-state index in [2.05, 4.69) is 37.2 Å². The Morgan fingerprint density at radius 2 is 2.10 bits per heavy atom. The van der Waals surface area contributed by atoms with E-state index in [-0.39, 0.29) is 0 Å². The monoisotopic (exact) mass is 287 g/mol. The zero-order valence-electron chi connectivity index (χ0n) is 12.5. The number of nitrogens with one attached hydrogen (secondary N) is 1. The van der Waals surface area contributed by atoms with E-state index in [0.717, 1.165) is 31.5 Å². The van der Waals surface area contributed by atoms with Crippen LogP contribution in [-0.4, -0.2) is 44.4 Å². The van der Waals surface area contributed by atoms with Crippen LogP contribution >= 0.6 is 0 Å². The fourth-order valence-electron chi connectivity index (χ4n) is 2.57. The maximum Gasteiger partial charge on any atom is 0.257 e. The zero-order valence-corrected chi connectivity index (χ0v) is 12.5. The number of nitrogens with zero attached hydrogens (tertiary/aromatic N) is 6. The highest BCUT2D eigenvalue weighted by Crippen LogP contribution is 2.23. The maximum atomic E-state index is 4.57. The fraction of sp³-hybridized carbons (Fsp3) is 0.571. The smallest absolute Gasteiger partial charge is 0.257 e. The van der Waals surface area contributed by atoms with E-state index in [1.807, 2.05) is 19.2 Å². The van der Waals surface area contributed by atoms with Crippen molar-refractivity contribution >= 4 is 11.9 Å². The minimum atomic E-state index is 0.556. The molecule has 1 N–H and O–H groups in total. The molecule has 1 saturated heterocycles. The Bertz CT molecular complexity index is 581. The molecule has 21 heavy (non-hydrogen) atoms. The summed E-state index contributed by atoms with van der Waals surface area (Å²) in [5, 5.41) is 7.37. The van der Waals surface area contributed by atoms with Crippen LogP contribution in [0.1, 0.15) is 26.7 Å². The first kappa shape index (κ1) is 13.8. The molecule has 0 spiro atoms. The second-order valence-corrected chi connectivity index (χ2v) is 5.25. The maximum absolute atomic E-state index is 4.57. The van der Waals surface area contributed by atoms with Gasteiger partial charge in [-0.15, -0.1) is 0 Å². The predicted molar refractivity (Wildman–Crippen MR) is 81.7 cm³/mol. The third-order valence-corrected chi connectivity index (χ3v) is 3.80. The third-order valence-electron chi connectivity index (χ3n) is 3.80. The van der Waals surface area contributed by atoms with Gasteiger partial charge in [0.1, 0.15) is 0 Å². The van der Waals surface area contributed by atoms with E-state index in [4.69, 9.17) is 0 Å². The number of rotatable bonds is 5. The lowest BCUT2D eigenvalue weighted by Gasteiger charge is -2.17. The van der Waals surface area contributed by atoms with E-state index in [1.54, 1.807) is 10.9 Å². The Hall–Kier alpha value is -2.18. The highest BCUT2D eigenvalue weighted by Gasteiger charge is 2.24. The van der Waals surface area contributed by atoms with Gasteiger partial charge in [0, 0.05) is 32.0 Å². The average Bonchev–Trinajstić information content (AvgIpc) is 3.19. The topological polar surface area (TPSA) is 71.8 Å². The second-order valence-electron chi connectivity index (χ2n) is 5.25. The summed E-state index contributed by atoms with van der Waals surface area (Å²) in [6.45, 7) is 7.07. The van der Waals surface area contributed by atoms with Gasteiger partial charge in [0.2, 0.25) is 11.9 Å². The molecule has 2 aromatic rings. The zero-order chi connectivity index (χ0) is 14.7. The number of hydrogen-bond donors (Lipinski definition) is 1.